The van der Waals surface area contributed by atoms with Gasteiger partial charge in [-0.25, -0.2) is 0 Å². The zero-order valence-electron chi connectivity index (χ0n) is 11.0. The Morgan fingerprint density at radius 1 is 1.47 bits per heavy atom. The van der Waals surface area contributed by atoms with Crippen LogP contribution < -0.4 is 5.73 Å². The van der Waals surface area contributed by atoms with E-state index < -0.39 is 0 Å². The molecule has 0 aromatic carbocycles. The topological polar surface area (TPSA) is 62.3 Å². The monoisotopic (exact) mass is 241 g/mol. The van der Waals surface area contributed by atoms with Crippen molar-refractivity contribution in [1.82, 2.24) is 9.78 Å². The fourth-order valence-electron chi connectivity index (χ4n) is 1.64. The molecular weight excluding hydrogens is 218 g/mol. The van der Waals surface area contributed by atoms with E-state index in [0.29, 0.717) is 19.8 Å². The molecule has 0 aliphatic heterocycles. The lowest BCUT2D eigenvalue weighted by Crippen LogP contribution is -2.30. The van der Waals surface area contributed by atoms with Gasteiger partial charge in [0.2, 0.25) is 0 Å². The molecule has 0 spiro atoms. The number of methoxy groups -OCH3 is 1. The van der Waals surface area contributed by atoms with Crippen LogP contribution in [0.1, 0.15) is 18.3 Å². The number of hydrogen-bond donors (Lipinski definition) is 1. The van der Waals surface area contributed by atoms with E-state index in [0.717, 1.165) is 24.2 Å². The summed E-state index contributed by atoms with van der Waals surface area (Å²) in [4.78, 5) is 0. The third kappa shape index (κ3) is 4.85. The molecule has 1 atom stereocenters. The fourth-order valence-corrected chi connectivity index (χ4v) is 1.64. The van der Waals surface area contributed by atoms with E-state index in [4.69, 9.17) is 15.2 Å². The molecule has 1 aromatic heterocycles. The maximum Gasteiger partial charge on any atom is 0.0701 e. The summed E-state index contributed by atoms with van der Waals surface area (Å²) in [6, 6.07) is 2.11. The van der Waals surface area contributed by atoms with Crippen molar-refractivity contribution in [2.24, 2.45) is 12.8 Å². The first-order valence-electron chi connectivity index (χ1n) is 6.01. The molecule has 5 nitrogen and oxygen atoms in total. The zero-order valence-corrected chi connectivity index (χ0v) is 11.0. The van der Waals surface area contributed by atoms with Crippen LogP contribution in [0.3, 0.4) is 0 Å². The molecule has 98 valence electrons. The Labute approximate surface area is 103 Å². The van der Waals surface area contributed by atoms with Gasteiger partial charge >= 0.3 is 0 Å². The normalized spacial score (nSPS) is 12.9. The Bertz CT molecular complexity index is 326. The van der Waals surface area contributed by atoms with Crippen LogP contribution in [0.25, 0.3) is 0 Å². The average Bonchev–Trinajstić information content (AvgIpc) is 2.66. The van der Waals surface area contributed by atoms with Gasteiger partial charge < -0.3 is 15.2 Å². The number of ether oxygens (including phenoxy) is 2. The van der Waals surface area contributed by atoms with E-state index in [2.05, 4.69) is 18.1 Å². The first-order chi connectivity index (χ1) is 8.17. The highest BCUT2D eigenvalue weighted by molar-refractivity contribution is 5.11. The van der Waals surface area contributed by atoms with Crippen LogP contribution in [-0.2, 0) is 29.4 Å². The minimum Gasteiger partial charge on any atom is -0.382 e. The summed E-state index contributed by atoms with van der Waals surface area (Å²) in [5, 5.41) is 4.39. The first-order valence-corrected chi connectivity index (χ1v) is 6.01. The van der Waals surface area contributed by atoms with Crippen LogP contribution >= 0.6 is 0 Å². The summed E-state index contributed by atoms with van der Waals surface area (Å²) in [6.45, 7) is 3.85. The quantitative estimate of drug-likeness (QED) is 0.674. The van der Waals surface area contributed by atoms with Crippen LogP contribution in [-0.4, -0.2) is 42.8 Å². The van der Waals surface area contributed by atoms with Gasteiger partial charge in [0.05, 0.1) is 25.5 Å². The van der Waals surface area contributed by atoms with Crippen molar-refractivity contribution < 1.29 is 9.47 Å². The number of aromatic nitrogens is 2. The summed E-state index contributed by atoms with van der Waals surface area (Å²) in [7, 11) is 3.61. The Kier molecular flexibility index (Phi) is 6.18. The number of aryl methyl sites for hydroxylation is 2. The second kappa shape index (κ2) is 7.42. The average molecular weight is 241 g/mol. The Hall–Kier alpha value is -0.910. The number of hydrogen-bond acceptors (Lipinski definition) is 4. The number of nitrogens with two attached hydrogens (primary N) is 1. The number of nitrogens with zero attached hydrogens (tertiary/aromatic N) is 2. The van der Waals surface area contributed by atoms with Crippen LogP contribution in [0.4, 0.5) is 0 Å². The maximum absolute atomic E-state index is 6.00. The second-order valence-electron chi connectivity index (χ2n) is 4.14. The first kappa shape index (κ1) is 14.2. The fraction of sp³-hybridized carbons (Fsp3) is 0.750. The molecule has 1 heterocycles. The van der Waals surface area contributed by atoms with E-state index >= 15 is 0 Å². The molecule has 1 unspecified atom stereocenters. The predicted molar refractivity (Wildman–Crippen MR) is 67.0 cm³/mol. The summed E-state index contributed by atoms with van der Waals surface area (Å²) >= 11 is 0. The second-order valence-corrected chi connectivity index (χ2v) is 4.14. The van der Waals surface area contributed by atoms with Crippen LogP contribution in [0.15, 0.2) is 6.07 Å². The predicted octanol–water partition coefficient (Wildman–Crippen LogP) is 0.515. The molecule has 2 N–H and O–H groups in total. The van der Waals surface area contributed by atoms with Crippen LogP contribution in [0.2, 0.25) is 0 Å². The molecule has 0 radical (unpaired) electrons. The van der Waals surface area contributed by atoms with Crippen molar-refractivity contribution in [3.05, 3.63) is 17.5 Å². The van der Waals surface area contributed by atoms with E-state index in [1.807, 2.05) is 11.7 Å². The van der Waals surface area contributed by atoms with Gasteiger partial charge in [-0.15, -0.1) is 0 Å². The lowest BCUT2D eigenvalue weighted by atomic mass is 10.1. The van der Waals surface area contributed by atoms with Gasteiger partial charge in [-0.2, -0.15) is 5.10 Å². The molecule has 17 heavy (non-hydrogen) atoms. The molecule has 5 heteroatoms. The molecule has 0 amide bonds. The highest BCUT2D eigenvalue weighted by atomic mass is 16.5. The largest absolute Gasteiger partial charge is 0.382 e. The highest BCUT2D eigenvalue weighted by Gasteiger charge is 2.09. The van der Waals surface area contributed by atoms with Crippen molar-refractivity contribution in [1.29, 1.82) is 0 Å². The van der Waals surface area contributed by atoms with Crippen molar-refractivity contribution in [2.75, 3.05) is 26.9 Å². The Morgan fingerprint density at radius 3 is 2.82 bits per heavy atom. The van der Waals surface area contributed by atoms with Gasteiger partial charge in [-0.3, -0.25) is 4.68 Å². The molecule has 0 bridgehead atoms. The third-order valence-corrected chi connectivity index (χ3v) is 2.62. The molecule has 1 rings (SSSR count). The summed E-state index contributed by atoms with van der Waals surface area (Å²) in [6.07, 6.45) is 1.74. The van der Waals surface area contributed by atoms with Gasteiger partial charge in [0.1, 0.15) is 0 Å². The molecule has 0 saturated heterocycles. The molecule has 0 aliphatic carbocycles. The molecule has 0 saturated carbocycles. The highest BCUT2D eigenvalue weighted by Crippen LogP contribution is 2.06. The zero-order chi connectivity index (χ0) is 12.7. The van der Waals surface area contributed by atoms with E-state index in [1.165, 1.54) is 0 Å². The summed E-state index contributed by atoms with van der Waals surface area (Å²) < 4.78 is 12.2. The smallest absolute Gasteiger partial charge is 0.0701 e. The molecule has 0 fully saturated rings. The van der Waals surface area contributed by atoms with E-state index in [1.54, 1.807) is 7.11 Å². The van der Waals surface area contributed by atoms with Crippen molar-refractivity contribution in [3.63, 3.8) is 0 Å². The Balaban J connectivity index is 2.34. The maximum atomic E-state index is 6.00. The van der Waals surface area contributed by atoms with Crippen molar-refractivity contribution in [2.45, 2.75) is 25.8 Å². The van der Waals surface area contributed by atoms with Crippen LogP contribution in [0, 0.1) is 0 Å². The van der Waals surface area contributed by atoms with E-state index in [9.17, 15) is 0 Å². The van der Waals surface area contributed by atoms with Gasteiger partial charge in [-0.05, 0) is 12.5 Å². The third-order valence-electron chi connectivity index (χ3n) is 2.62. The minimum atomic E-state index is 0.00645. The standard InChI is InChI=1S/C12H23N3O2/c1-4-11-8-12(15(2)14-11)7-10(13)9-17-6-5-16-3/h8,10H,4-7,9,13H2,1-3H3. The Morgan fingerprint density at radius 2 is 2.24 bits per heavy atom. The summed E-state index contributed by atoms with van der Waals surface area (Å²) in [5.41, 5.74) is 8.26. The van der Waals surface area contributed by atoms with Gasteiger partial charge in [0.25, 0.3) is 0 Å². The lowest BCUT2D eigenvalue weighted by Gasteiger charge is -2.11. The molecule has 0 aliphatic rings. The van der Waals surface area contributed by atoms with Crippen LogP contribution in [0.5, 0.6) is 0 Å². The van der Waals surface area contributed by atoms with E-state index in [-0.39, 0.29) is 6.04 Å². The lowest BCUT2D eigenvalue weighted by molar-refractivity contribution is 0.0635. The van der Waals surface area contributed by atoms with Crippen molar-refractivity contribution in [3.8, 4) is 0 Å². The van der Waals surface area contributed by atoms with Crippen molar-refractivity contribution >= 4 is 0 Å². The van der Waals surface area contributed by atoms with Gasteiger partial charge in [0, 0.05) is 32.3 Å². The summed E-state index contributed by atoms with van der Waals surface area (Å²) in [5.74, 6) is 0. The molecular formula is C12H23N3O2. The molecule has 1 aromatic rings. The van der Waals surface area contributed by atoms with Gasteiger partial charge in [0.15, 0.2) is 0 Å². The SMILES string of the molecule is CCc1cc(CC(N)COCCOC)n(C)n1. The number of rotatable bonds is 8. The minimum absolute atomic E-state index is 0.00645. The van der Waals surface area contributed by atoms with Gasteiger partial charge in [-0.1, -0.05) is 6.92 Å².